The first-order valence-corrected chi connectivity index (χ1v) is 5.94. The maximum absolute atomic E-state index is 13.5. The summed E-state index contributed by atoms with van der Waals surface area (Å²) in [5.41, 5.74) is 0.675. The van der Waals surface area contributed by atoms with Gasteiger partial charge in [0.1, 0.15) is 11.3 Å². The molecule has 0 saturated heterocycles. The van der Waals surface area contributed by atoms with Gasteiger partial charge in [-0.25, -0.2) is 13.9 Å². The van der Waals surface area contributed by atoms with Gasteiger partial charge in [-0.1, -0.05) is 18.1 Å². The van der Waals surface area contributed by atoms with Crippen LogP contribution in [0.3, 0.4) is 0 Å². The van der Waals surface area contributed by atoms with E-state index in [1.165, 1.54) is 6.07 Å². The van der Waals surface area contributed by atoms with Crippen LogP contribution in [-0.4, -0.2) is 26.1 Å². The third-order valence-electron chi connectivity index (χ3n) is 3.46. The molecule has 0 amide bonds. The van der Waals surface area contributed by atoms with Crippen LogP contribution in [0.5, 0.6) is 0 Å². The van der Waals surface area contributed by atoms with Gasteiger partial charge in [-0.15, -0.1) is 5.10 Å². The minimum absolute atomic E-state index is 0.252. The molecule has 3 rings (SSSR count). The van der Waals surface area contributed by atoms with Crippen LogP contribution in [-0.2, 0) is 0 Å². The predicted molar refractivity (Wildman–Crippen MR) is 62.0 cm³/mol. The van der Waals surface area contributed by atoms with Gasteiger partial charge in [0.2, 0.25) is 0 Å². The van der Waals surface area contributed by atoms with Crippen LogP contribution in [0.15, 0.2) is 12.1 Å². The predicted octanol–water partition coefficient (Wildman–Crippen LogP) is 2.38. The monoisotopic (exact) mass is 249 g/mol. The Balaban J connectivity index is 2.16. The molecule has 1 aromatic heterocycles. The van der Waals surface area contributed by atoms with Gasteiger partial charge in [0, 0.05) is 6.07 Å². The quantitative estimate of drug-likeness (QED) is 0.887. The molecule has 1 aliphatic rings. The number of halogens is 1. The molecule has 6 heteroatoms. The van der Waals surface area contributed by atoms with E-state index in [0.717, 1.165) is 31.7 Å². The highest BCUT2D eigenvalue weighted by Crippen LogP contribution is 2.31. The zero-order chi connectivity index (χ0) is 12.7. The van der Waals surface area contributed by atoms with Gasteiger partial charge >= 0.3 is 5.97 Å². The van der Waals surface area contributed by atoms with Crippen molar-refractivity contribution in [2.45, 2.75) is 31.7 Å². The number of fused-ring (bicyclic) bond motifs is 1. The van der Waals surface area contributed by atoms with E-state index < -0.39 is 11.8 Å². The summed E-state index contributed by atoms with van der Waals surface area (Å²) in [5.74, 6) is -2.04. The minimum atomic E-state index is -1.27. The molecule has 1 aliphatic carbocycles. The minimum Gasteiger partial charge on any atom is -0.478 e. The zero-order valence-corrected chi connectivity index (χ0v) is 9.64. The van der Waals surface area contributed by atoms with Crippen LogP contribution in [0.1, 0.15) is 42.1 Å². The summed E-state index contributed by atoms with van der Waals surface area (Å²) in [4.78, 5) is 10.9. The maximum Gasteiger partial charge on any atom is 0.338 e. The first-order chi connectivity index (χ1) is 8.66. The molecular weight excluding hydrogens is 237 g/mol. The highest BCUT2D eigenvalue weighted by molar-refractivity contribution is 5.92. The molecule has 1 saturated carbocycles. The molecule has 94 valence electrons. The van der Waals surface area contributed by atoms with Crippen molar-refractivity contribution >= 4 is 17.0 Å². The molecule has 0 bridgehead atoms. The van der Waals surface area contributed by atoms with E-state index in [0.29, 0.717) is 11.0 Å². The smallest absolute Gasteiger partial charge is 0.338 e. The normalized spacial score (nSPS) is 16.5. The number of aromatic carboxylic acids is 1. The average Bonchev–Trinajstić information content (AvgIpc) is 2.94. The van der Waals surface area contributed by atoms with E-state index in [9.17, 15) is 9.18 Å². The molecule has 0 atom stereocenters. The lowest BCUT2D eigenvalue weighted by Gasteiger charge is -2.10. The molecule has 0 radical (unpaired) electrons. The van der Waals surface area contributed by atoms with Crippen molar-refractivity contribution in [1.29, 1.82) is 0 Å². The number of carboxylic acid groups (broad SMARTS) is 1. The molecule has 0 spiro atoms. The number of carbonyl (C=O) groups is 1. The maximum atomic E-state index is 13.5. The van der Waals surface area contributed by atoms with Crippen LogP contribution >= 0.6 is 0 Å². The van der Waals surface area contributed by atoms with Crippen molar-refractivity contribution in [1.82, 2.24) is 15.0 Å². The van der Waals surface area contributed by atoms with E-state index in [2.05, 4.69) is 10.3 Å². The number of benzene rings is 1. The zero-order valence-electron chi connectivity index (χ0n) is 9.64. The molecule has 1 aromatic carbocycles. The molecular formula is C12H12FN3O2. The van der Waals surface area contributed by atoms with Gasteiger partial charge in [-0.2, -0.15) is 0 Å². The summed E-state index contributed by atoms with van der Waals surface area (Å²) in [5, 5.41) is 16.9. The molecule has 0 unspecified atom stereocenters. The van der Waals surface area contributed by atoms with Crippen molar-refractivity contribution in [3.63, 3.8) is 0 Å². The highest BCUT2D eigenvalue weighted by Gasteiger charge is 2.22. The molecule has 18 heavy (non-hydrogen) atoms. The molecule has 5 nitrogen and oxygen atoms in total. The van der Waals surface area contributed by atoms with Crippen molar-refractivity contribution in [2.24, 2.45) is 0 Å². The summed E-state index contributed by atoms with van der Waals surface area (Å²) in [6.45, 7) is 0. The second kappa shape index (κ2) is 4.04. The number of hydrogen-bond acceptors (Lipinski definition) is 3. The molecule has 2 aromatic rings. The van der Waals surface area contributed by atoms with E-state index in [1.54, 1.807) is 4.68 Å². The Labute approximate surface area is 102 Å². The Morgan fingerprint density at radius 2 is 2.11 bits per heavy atom. The van der Waals surface area contributed by atoms with Crippen molar-refractivity contribution < 1.29 is 14.3 Å². The summed E-state index contributed by atoms with van der Waals surface area (Å²) in [6, 6.07) is 2.71. The molecule has 1 fully saturated rings. The van der Waals surface area contributed by atoms with Gasteiger partial charge < -0.3 is 5.11 Å². The lowest BCUT2D eigenvalue weighted by Crippen LogP contribution is -2.07. The fourth-order valence-electron chi connectivity index (χ4n) is 2.54. The topological polar surface area (TPSA) is 68.0 Å². The van der Waals surface area contributed by atoms with Crippen molar-refractivity contribution in [2.75, 3.05) is 0 Å². The van der Waals surface area contributed by atoms with Crippen LogP contribution in [0.4, 0.5) is 4.39 Å². The van der Waals surface area contributed by atoms with Gasteiger partial charge in [-0.05, 0) is 18.9 Å². The van der Waals surface area contributed by atoms with Crippen molar-refractivity contribution in [3.8, 4) is 0 Å². The lowest BCUT2D eigenvalue weighted by atomic mass is 10.1. The van der Waals surface area contributed by atoms with Gasteiger partial charge in [-0.3, -0.25) is 0 Å². The molecule has 1 N–H and O–H groups in total. The second-order valence-electron chi connectivity index (χ2n) is 4.60. The van der Waals surface area contributed by atoms with Gasteiger partial charge in [0.05, 0.1) is 17.1 Å². The van der Waals surface area contributed by atoms with E-state index in [1.807, 2.05) is 0 Å². The fraction of sp³-hybridized carbons (Fsp3) is 0.417. The Kier molecular flexibility index (Phi) is 2.50. The van der Waals surface area contributed by atoms with Gasteiger partial charge in [0.25, 0.3) is 0 Å². The average molecular weight is 249 g/mol. The second-order valence-corrected chi connectivity index (χ2v) is 4.60. The molecule has 1 heterocycles. The number of nitrogens with zero attached hydrogens (tertiary/aromatic N) is 3. The highest BCUT2D eigenvalue weighted by atomic mass is 19.1. The van der Waals surface area contributed by atoms with Crippen LogP contribution in [0.25, 0.3) is 11.0 Å². The Bertz CT molecular complexity index is 617. The summed E-state index contributed by atoms with van der Waals surface area (Å²) >= 11 is 0. The fourth-order valence-corrected chi connectivity index (χ4v) is 2.54. The summed E-state index contributed by atoms with van der Waals surface area (Å²) in [7, 11) is 0. The standard InChI is InChI=1S/C12H12FN3O2/c13-9-6-10-11(5-8(9)12(17)18)16(15-14-10)7-3-1-2-4-7/h5-7H,1-4H2,(H,17,18). The Morgan fingerprint density at radius 3 is 2.78 bits per heavy atom. The third-order valence-corrected chi connectivity index (χ3v) is 3.46. The summed E-state index contributed by atoms with van der Waals surface area (Å²) < 4.78 is 15.2. The Morgan fingerprint density at radius 1 is 1.39 bits per heavy atom. The third kappa shape index (κ3) is 1.64. The van der Waals surface area contributed by atoms with E-state index >= 15 is 0 Å². The summed E-state index contributed by atoms with van der Waals surface area (Å²) in [6.07, 6.45) is 4.30. The number of carboxylic acids is 1. The number of hydrogen-bond donors (Lipinski definition) is 1. The largest absolute Gasteiger partial charge is 0.478 e. The number of aromatic nitrogens is 3. The SMILES string of the molecule is O=C(O)c1cc2c(cc1F)nnn2C1CCCC1. The molecule has 0 aliphatic heterocycles. The first-order valence-electron chi connectivity index (χ1n) is 5.94. The van der Waals surface area contributed by atoms with Gasteiger partial charge in [0.15, 0.2) is 0 Å². The Hall–Kier alpha value is -1.98. The van der Waals surface area contributed by atoms with E-state index in [4.69, 9.17) is 5.11 Å². The van der Waals surface area contributed by atoms with Crippen molar-refractivity contribution in [3.05, 3.63) is 23.5 Å². The number of rotatable bonds is 2. The van der Waals surface area contributed by atoms with E-state index in [-0.39, 0.29) is 11.6 Å². The lowest BCUT2D eigenvalue weighted by molar-refractivity contribution is 0.0692. The van der Waals surface area contributed by atoms with Crippen LogP contribution < -0.4 is 0 Å². The van der Waals surface area contributed by atoms with Crippen LogP contribution in [0.2, 0.25) is 0 Å². The first kappa shape index (κ1) is 11.1. The van der Waals surface area contributed by atoms with Crippen LogP contribution in [0, 0.1) is 5.82 Å².